The highest BCUT2D eigenvalue weighted by Gasteiger charge is 2.21. The first-order valence-corrected chi connectivity index (χ1v) is 5.17. The van der Waals surface area contributed by atoms with Gasteiger partial charge in [0, 0.05) is 17.7 Å². The summed E-state index contributed by atoms with van der Waals surface area (Å²) in [5.41, 5.74) is 7.56. The van der Waals surface area contributed by atoms with E-state index in [0.29, 0.717) is 0 Å². The molecule has 0 bridgehead atoms. The van der Waals surface area contributed by atoms with Crippen LogP contribution >= 0.6 is 0 Å². The van der Waals surface area contributed by atoms with E-state index in [1.165, 1.54) is 5.69 Å². The topological polar surface area (TPSA) is 67.7 Å². The number of nitrogens with one attached hydrogen (secondary N) is 1. The van der Waals surface area contributed by atoms with E-state index in [1.807, 2.05) is 27.1 Å². The van der Waals surface area contributed by atoms with Gasteiger partial charge in [-0.25, -0.2) is 4.98 Å². The number of imidazole rings is 1. The predicted octanol–water partition coefficient (Wildman–Crippen LogP) is 1.85. The third-order valence-electron chi connectivity index (χ3n) is 3.05. The number of aromatic nitrogens is 2. The molecule has 0 saturated heterocycles. The minimum Gasteiger partial charge on any atom is -0.387 e. The maximum Gasteiger partial charge on any atom is 0.0963 e. The van der Waals surface area contributed by atoms with Crippen LogP contribution in [0.25, 0.3) is 0 Å². The van der Waals surface area contributed by atoms with Crippen molar-refractivity contribution in [2.24, 2.45) is 11.1 Å². The van der Waals surface area contributed by atoms with Crippen LogP contribution in [0.5, 0.6) is 0 Å². The summed E-state index contributed by atoms with van der Waals surface area (Å²) in [4.78, 5) is 4.24. The van der Waals surface area contributed by atoms with Crippen molar-refractivity contribution in [3.63, 3.8) is 0 Å². The summed E-state index contributed by atoms with van der Waals surface area (Å²) < 4.78 is 2.11. The molecule has 0 amide bonds. The first kappa shape index (κ1) is 11.8. The second-order valence-electron chi connectivity index (χ2n) is 4.66. The van der Waals surface area contributed by atoms with Crippen molar-refractivity contribution < 1.29 is 0 Å². The molecule has 1 heterocycles. The third-order valence-corrected chi connectivity index (χ3v) is 3.05. The Morgan fingerprint density at radius 1 is 1.53 bits per heavy atom. The number of hydrogen-bond acceptors (Lipinski definition) is 2. The Bertz CT molecular complexity index is 363. The van der Waals surface area contributed by atoms with Gasteiger partial charge in [-0.05, 0) is 20.3 Å². The quantitative estimate of drug-likeness (QED) is 0.585. The molecule has 0 spiro atoms. The van der Waals surface area contributed by atoms with Gasteiger partial charge in [0.05, 0.1) is 17.9 Å². The largest absolute Gasteiger partial charge is 0.387 e. The molecular formula is C11H20N4. The number of hydrogen-bond donors (Lipinski definition) is 2. The van der Waals surface area contributed by atoms with Crippen molar-refractivity contribution in [2.45, 2.75) is 40.7 Å². The van der Waals surface area contributed by atoms with Crippen LogP contribution in [0.3, 0.4) is 0 Å². The average Bonchev–Trinajstić information content (AvgIpc) is 2.45. The fourth-order valence-corrected chi connectivity index (χ4v) is 1.30. The van der Waals surface area contributed by atoms with Gasteiger partial charge in [-0.1, -0.05) is 13.8 Å². The van der Waals surface area contributed by atoms with E-state index in [1.54, 1.807) is 0 Å². The van der Waals surface area contributed by atoms with Crippen molar-refractivity contribution in [1.82, 2.24) is 9.55 Å². The SMILES string of the molecule is Cc1ncn(CCC(C)(C)C(=N)N)c1C. The van der Waals surface area contributed by atoms with E-state index in [-0.39, 0.29) is 11.3 Å². The van der Waals surface area contributed by atoms with Gasteiger partial charge in [0.25, 0.3) is 0 Å². The first-order valence-electron chi connectivity index (χ1n) is 5.17. The van der Waals surface area contributed by atoms with Gasteiger partial charge in [0.2, 0.25) is 0 Å². The molecule has 3 N–H and O–H groups in total. The van der Waals surface area contributed by atoms with Crippen LogP contribution in [0.15, 0.2) is 6.33 Å². The summed E-state index contributed by atoms with van der Waals surface area (Å²) in [6.07, 6.45) is 2.71. The molecule has 4 nitrogen and oxygen atoms in total. The fourth-order valence-electron chi connectivity index (χ4n) is 1.30. The lowest BCUT2D eigenvalue weighted by Crippen LogP contribution is -2.31. The molecule has 0 aliphatic heterocycles. The Hall–Kier alpha value is -1.32. The molecule has 1 rings (SSSR count). The standard InChI is InChI=1S/C11H20N4/c1-8-9(2)15(7-14-8)6-5-11(3,4)10(12)13/h7H,5-6H2,1-4H3,(H3,12,13). The highest BCUT2D eigenvalue weighted by molar-refractivity contribution is 5.82. The van der Waals surface area contributed by atoms with Crippen molar-refractivity contribution in [3.05, 3.63) is 17.7 Å². The third kappa shape index (κ3) is 2.58. The molecule has 0 aromatic carbocycles. The molecule has 84 valence electrons. The summed E-state index contributed by atoms with van der Waals surface area (Å²) in [5, 5.41) is 7.47. The highest BCUT2D eigenvalue weighted by atomic mass is 15.0. The van der Waals surface area contributed by atoms with Gasteiger partial charge >= 0.3 is 0 Å². The number of aryl methyl sites for hydroxylation is 2. The van der Waals surface area contributed by atoms with Crippen molar-refractivity contribution in [3.8, 4) is 0 Å². The Morgan fingerprint density at radius 3 is 2.53 bits per heavy atom. The van der Waals surface area contributed by atoms with Gasteiger partial charge in [0.15, 0.2) is 0 Å². The predicted molar refractivity (Wildman–Crippen MR) is 62.0 cm³/mol. The molecule has 0 aliphatic carbocycles. The first-order chi connectivity index (χ1) is 6.84. The summed E-state index contributed by atoms with van der Waals surface area (Å²) in [5.74, 6) is 0.247. The molecule has 1 aromatic rings. The minimum atomic E-state index is -0.232. The fraction of sp³-hybridized carbons (Fsp3) is 0.636. The molecule has 4 heteroatoms. The zero-order valence-corrected chi connectivity index (χ0v) is 9.96. The number of amidine groups is 1. The van der Waals surface area contributed by atoms with Gasteiger partial charge in [0.1, 0.15) is 0 Å². The molecule has 0 radical (unpaired) electrons. The van der Waals surface area contributed by atoms with E-state index < -0.39 is 0 Å². The average molecular weight is 208 g/mol. The van der Waals surface area contributed by atoms with Gasteiger partial charge in [-0.2, -0.15) is 0 Å². The van der Waals surface area contributed by atoms with E-state index >= 15 is 0 Å². The smallest absolute Gasteiger partial charge is 0.0963 e. The molecule has 0 atom stereocenters. The van der Waals surface area contributed by atoms with Crippen molar-refractivity contribution >= 4 is 5.84 Å². The molecule has 0 unspecified atom stereocenters. The van der Waals surface area contributed by atoms with Crippen LogP contribution < -0.4 is 5.73 Å². The zero-order valence-electron chi connectivity index (χ0n) is 9.96. The van der Waals surface area contributed by atoms with Gasteiger partial charge in [-0.3, -0.25) is 5.41 Å². The Kier molecular flexibility index (Phi) is 3.17. The lowest BCUT2D eigenvalue weighted by atomic mass is 9.88. The molecule has 0 fully saturated rings. The summed E-state index contributed by atoms with van der Waals surface area (Å²) in [6.45, 7) is 8.91. The van der Waals surface area contributed by atoms with E-state index in [0.717, 1.165) is 18.7 Å². The normalized spacial score (nSPS) is 11.7. The van der Waals surface area contributed by atoms with E-state index in [2.05, 4.69) is 16.5 Å². The van der Waals surface area contributed by atoms with Crippen molar-refractivity contribution in [2.75, 3.05) is 0 Å². The van der Waals surface area contributed by atoms with Crippen LogP contribution in [0.2, 0.25) is 0 Å². The number of nitrogens with zero attached hydrogens (tertiary/aromatic N) is 2. The van der Waals surface area contributed by atoms with Crippen LogP contribution in [0, 0.1) is 24.7 Å². The van der Waals surface area contributed by atoms with Crippen LogP contribution in [-0.4, -0.2) is 15.4 Å². The number of nitrogens with two attached hydrogens (primary N) is 1. The van der Waals surface area contributed by atoms with Crippen molar-refractivity contribution in [1.29, 1.82) is 5.41 Å². The number of rotatable bonds is 4. The lowest BCUT2D eigenvalue weighted by molar-refractivity contribution is 0.424. The second-order valence-corrected chi connectivity index (χ2v) is 4.66. The van der Waals surface area contributed by atoms with Gasteiger partial charge < -0.3 is 10.3 Å². The summed E-state index contributed by atoms with van der Waals surface area (Å²) in [7, 11) is 0. The lowest BCUT2D eigenvalue weighted by Gasteiger charge is -2.23. The van der Waals surface area contributed by atoms with Crippen LogP contribution in [-0.2, 0) is 6.54 Å². The van der Waals surface area contributed by atoms with Crippen LogP contribution in [0.4, 0.5) is 0 Å². The molecule has 15 heavy (non-hydrogen) atoms. The second kappa shape index (κ2) is 4.04. The zero-order chi connectivity index (χ0) is 11.6. The minimum absolute atomic E-state index is 0.232. The maximum atomic E-state index is 7.47. The Labute approximate surface area is 91.0 Å². The molecule has 0 saturated carbocycles. The van der Waals surface area contributed by atoms with E-state index in [9.17, 15) is 0 Å². The molecular weight excluding hydrogens is 188 g/mol. The monoisotopic (exact) mass is 208 g/mol. The summed E-state index contributed by atoms with van der Waals surface area (Å²) in [6, 6.07) is 0. The Morgan fingerprint density at radius 2 is 2.13 bits per heavy atom. The van der Waals surface area contributed by atoms with Crippen LogP contribution in [0.1, 0.15) is 31.7 Å². The maximum absolute atomic E-state index is 7.47. The van der Waals surface area contributed by atoms with Gasteiger partial charge in [-0.15, -0.1) is 0 Å². The Balaban J connectivity index is 2.65. The molecule has 0 aliphatic rings. The van der Waals surface area contributed by atoms with E-state index in [4.69, 9.17) is 11.1 Å². The highest BCUT2D eigenvalue weighted by Crippen LogP contribution is 2.21. The molecule has 1 aromatic heterocycles. The summed E-state index contributed by atoms with van der Waals surface area (Å²) >= 11 is 0.